The van der Waals surface area contributed by atoms with Crippen LogP contribution in [0.3, 0.4) is 0 Å². The Labute approximate surface area is 177 Å². The van der Waals surface area contributed by atoms with Gasteiger partial charge in [-0.05, 0) is 38.7 Å². The summed E-state index contributed by atoms with van der Waals surface area (Å²) < 4.78 is 5.40. The van der Waals surface area contributed by atoms with Crippen LogP contribution in [0, 0.1) is 5.92 Å². The largest absolute Gasteiger partial charge is 0.450 e. The summed E-state index contributed by atoms with van der Waals surface area (Å²) in [5.41, 5.74) is 1.16. The highest BCUT2D eigenvalue weighted by Crippen LogP contribution is 2.36. The molecule has 0 radical (unpaired) electrons. The molecule has 0 unspecified atom stereocenters. The van der Waals surface area contributed by atoms with Gasteiger partial charge in [0.1, 0.15) is 5.78 Å². The van der Waals surface area contributed by atoms with Gasteiger partial charge < -0.3 is 9.64 Å². The van der Waals surface area contributed by atoms with E-state index in [2.05, 4.69) is 19.1 Å². The van der Waals surface area contributed by atoms with Crippen LogP contribution in [0.4, 0.5) is 4.79 Å². The summed E-state index contributed by atoms with van der Waals surface area (Å²) >= 11 is 0. The predicted octanol–water partition coefficient (Wildman–Crippen LogP) is 6.17. The molecule has 0 aliphatic carbocycles. The first-order chi connectivity index (χ1) is 14.1. The van der Waals surface area contributed by atoms with Gasteiger partial charge in [-0.3, -0.25) is 4.79 Å². The van der Waals surface area contributed by atoms with E-state index >= 15 is 0 Å². The maximum absolute atomic E-state index is 12.8. The molecule has 0 spiro atoms. The summed E-state index contributed by atoms with van der Waals surface area (Å²) in [6, 6.07) is 10.2. The summed E-state index contributed by atoms with van der Waals surface area (Å²) in [5, 5.41) is 0. The molecule has 1 fully saturated rings. The Balaban J connectivity index is 2.04. The molecular weight excluding hydrogens is 362 g/mol. The molecule has 1 aromatic carbocycles. The van der Waals surface area contributed by atoms with Crippen LogP contribution >= 0.6 is 0 Å². The third-order valence-corrected chi connectivity index (χ3v) is 6.17. The van der Waals surface area contributed by atoms with Gasteiger partial charge in [0, 0.05) is 18.0 Å². The number of nitrogens with zero attached hydrogens (tertiary/aromatic N) is 1. The van der Waals surface area contributed by atoms with Crippen LogP contribution in [-0.2, 0) is 16.0 Å². The van der Waals surface area contributed by atoms with Gasteiger partial charge in [0.2, 0.25) is 0 Å². The van der Waals surface area contributed by atoms with Crippen LogP contribution in [0.2, 0.25) is 0 Å². The molecule has 4 heteroatoms. The second kappa shape index (κ2) is 12.7. The molecule has 162 valence electrons. The van der Waals surface area contributed by atoms with Gasteiger partial charge in [-0.25, -0.2) is 4.79 Å². The maximum atomic E-state index is 12.8. The molecule has 29 heavy (non-hydrogen) atoms. The van der Waals surface area contributed by atoms with Crippen molar-refractivity contribution in [2.75, 3.05) is 6.61 Å². The summed E-state index contributed by atoms with van der Waals surface area (Å²) in [6.07, 6.45) is 10.9. The highest BCUT2D eigenvalue weighted by Gasteiger charge is 2.45. The van der Waals surface area contributed by atoms with Crippen molar-refractivity contribution in [2.24, 2.45) is 5.92 Å². The van der Waals surface area contributed by atoms with E-state index in [4.69, 9.17) is 4.74 Å². The molecule has 0 saturated carbocycles. The lowest BCUT2D eigenvalue weighted by molar-refractivity contribution is -0.121. The summed E-state index contributed by atoms with van der Waals surface area (Å²) in [5.74, 6) is 0.0801. The van der Waals surface area contributed by atoms with Gasteiger partial charge in [0.15, 0.2) is 0 Å². The first-order valence-electron chi connectivity index (χ1n) is 11.6. The number of carbonyl (C=O) groups excluding carboxylic acids is 2. The van der Waals surface area contributed by atoms with Gasteiger partial charge in [-0.2, -0.15) is 0 Å². The Bertz CT molecular complexity index is 616. The molecular formula is C25H39NO3. The molecule has 1 aromatic rings. The summed E-state index contributed by atoms with van der Waals surface area (Å²) in [6.45, 7) is 6.11. The van der Waals surface area contributed by atoms with E-state index < -0.39 is 0 Å². The molecule has 2 rings (SSSR count). The van der Waals surface area contributed by atoms with Crippen molar-refractivity contribution in [1.29, 1.82) is 0 Å². The Kier molecular flexibility index (Phi) is 10.2. The number of hydrogen-bond acceptors (Lipinski definition) is 3. The number of carbonyl (C=O) groups is 2. The van der Waals surface area contributed by atoms with Gasteiger partial charge in [0.25, 0.3) is 0 Å². The monoisotopic (exact) mass is 401 g/mol. The standard InChI is InChI=1S/C25H39NO3/c1-4-6-7-8-9-10-14-17-22-19-23(20(3)27)24(26(22)25(28)29-5-2)18-21-15-12-11-13-16-21/h11-13,15-16,22-24H,4-10,14,17-19H2,1-3H3/t22-,23+,24+/m1/s1. The first kappa shape index (κ1) is 23.4. The average molecular weight is 402 g/mol. The van der Waals surface area contributed by atoms with E-state index in [1.54, 1.807) is 6.92 Å². The van der Waals surface area contributed by atoms with Crippen LogP contribution in [0.1, 0.15) is 84.1 Å². The highest BCUT2D eigenvalue weighted by molar-refractivity contribution is 5.81. The number of likely N-dealkylation sites (tertiary alicyclic amines) is 1. The van der Waals surface area contributed by atoms with Gasteiger partial charge in [-0.1, -0.05) is 82.2 Å². The van der Waals surface area contributed by atoms with E-state index in [9.17, 15) is 9.59 Å². The fraction of sp³-hybridized carbons (Fsp3) is 0.680. The lowest BCUT2D eigenvalue weighted by Gasteiger charge is -2.30. The number of amides is 1. The molecule has 1 saturated heterocycles. The van der Waals surface area contributed by atoms with E-state index in [0.717, 1.165) is 24.8 Å². The number of hydrogen-bond donors (Lipinski definition) is 0. The van der Waals surface area contributed by atoms with Crippen LogP contribution in [0.25, 0.3) is 0 Å². The molecule has 1 heterocycles. The summed E-state index contributed by atoms with van der Waals surface area (Å²) in [7, 11) is 0. The van der Waals surface area contributed by atoms with Crippen LogP contribution in [0.5, 0.6) is 0 Å². The van der Waals surface area contributed by atoms with E-state index in [1.165, 1.54) is 38.5 Å². The second-order valence-electron chi connectivity index (χ2n) is 8.38. The zero-order chi connectivity index (χ0) is 21.1. The van der Waals surface area contributed by atoms with E-state index in [1.807, 2.05) is 30.0 Å². The van der Waals surface area contributed by atoms with Crippen molar-refractivity contribution in [3.8, 4) is 0 Å². The fourth-order valence-electron chi connectivity index (χ4n) is 4.64. The van der Waals surface area contributed by atoms with Crippen LogP contribution < -0.4 is 0 Å². The van der Waals surface area contributed by atoms with Crippen LogP contribution in [0.15, 0.2) is 30.3 Å². The molecule has 4 nitrogen and oxygen atoms in total. The van der Waals surface area contributed by atoms with Gasteiger partial charge in [-0.15, -0.1) is 0 Å². The van der Waals surface area contributed by atoms with Crippen molar-refractivity contribution < 1.29 is 14.3 Å². The molecule has 1 amide bonds. The molecule has 1 aliphatic rings. The lowest BCUT2D eigenvalue weighted by Crippen LogP contribution is -2.44. The summed E-state index contributed by atoms with van der Waals surface area (Å²) in [4.78, 5) is 27.1. The highest BCUT2D eigenvalue weighted by atomic mass is 16.6. The van der Waals surface area contributed by atoms with E-state index in [0.29, 0.717) is 13.0 Å². The number of unbranched alkanes of at least 4 members (excludes halogenated alkanes) is 6. The van der Waals surface area contributed by atoms with Crippen molar-refractivity contribution >= 4 is 11.9 Å². The third-order valence-electron chi connectivity index (χ3n) is 6.17. The zero-order valence-electron chi connectivity index (χ0n) is 18.6. The number of ketones is 1. The number of ether oxygens (including phenoxy) is 1. The Morgan fingerprint density at radius 1 is 1.00 bits per heavy atom. The number of rotatable bonds is 12. The molecule has 3 atom stereocenters. The average Bonchev–Trinajstić information content (AvgIpc) is 3.06. The second-order valence-corrected chi connectivity index (χ2v) is 8.38. The van der Waals surface area contributed by atoms with Crippen molar-refractivity contribution in [3.05, 3.63) is 35.9 Å². The molecule has 1 aliphatic heterocycles. The lowest BCUT2D eigenvalue weighted by atomic mass is 9.90. The van der Waals surface area contributed by atoms with Gasteiger partial charge in [0.05, 0.1) is 6.61 Å². The predicted molar refractivity (Wildman–Crippen MR) is 118 cm³/mol. The Morgan fingerprint density at radius 2 is 1.66 bits per heavy atom. The Morgan fingerprint density at radius 3 is 2.28 bits per heavy atom. The minimum absolute atomic E-state index is 0.103. The Hall–Kier alpha value is -1.84. The van der Waals surface area contributed by atoms with Gasteiger partial charge >= 0.3 is 6.09 Å². The van der Waals surface area contributed by atoms with E-state index in [-0.39, 0.29) is 29.9 Å². The minimum Gasteiger partial charge on any atom is -0.450 e. The molecule has 0 N–H and O–H groups in total. The smallest absolute Gasteiger partial charge is 0.410 e. The first-order valence-corrected chi connectivity index (χ1v) is 11.6. The van der Waals surface area contributed by atoms with Crippen molar-refractivity contribution in [1.82, 2.24) is 4.90 Å². The normalized spacial score (nSPS) is 21.3. The molecule has 0 bridgehead atoms. The van der Waals surface area contributed by atoms with Crippen LogP contribution in [-0.4, -0.2) is 35.5 Å². The van der Waals surface area contributed by atoms with Crippen molar-refractivity contribution in [3.63, 3.8) is 0 Å². The quantitative estimate of drug-likeness (QED) is 0.393. The zero-order valence-corrected chi connectivity index (χ0v) is 18.6. The number of benzene rings is 1. The number of Topliss-reactive ketones (excluding diaryl/α,β-unsaturated/α-hetero) is 1. The minimum atomic E-state index is -0.259. The SMILES string of the molecule is CCCCCCCCC[C@@H]1C[C@@H](C(C)=O)[C@H](Cc2ccccc2)N1C(=O)OCC. The topological polar surface area (TPSA) is 46.6 Å². The third kappa shape index (κ3) is 7.17. The fourth-order valence-corrected chi connectivity index (χ4v) is 4.64. The molecule has 0 aromatic heterocycles. The maximum Gasteiger partial charge on any atom is 0.410 e. The van der Waals surface area contributed by atoms with Crippen molar-refractivity contribution in [2.45, 2.75) is 97.1 Å².